The summed E-state index contributed by atoms with van der Waals surface area (Å²) >= 11 is 0. The predicted octanol–water partition coefficient (Wildman–Crippen LogP) is 3.31. The van der Waals surface area contributed by atoms with E-state index < -0.39 is 5.79 Å². The molecule has 0 aliphatic carbocycles. The van der Waals surface area contributed by atoms with Gasteiger partial charge >= 0.3 is 0 Å². The molecule has 2 aliphatic heterocycles. The van der Waals surface area contributed by atoms with Crippen LogP contribution < -0.4 is 0 Å². The molecule has 4 heteroatoms. The zero-order valence-electron chi connectivity index (χ0n) is 11.7. The molecule has 2 aromatic carbocycles. The van der Waals surface area contributed by atoms with Crippen LogP contribution in [0.2, 0.25) is 0 Å². The molecule has 21 heavy (non-hydrogen) atoms. The average molecular weight is 284 g/mol. The SMILES string of the molecule is CC[C@@H]1O[C@@]2(OCc3cccc(O)c32)c2c(O)cccc21. The van der Waals surface area contributed by atoms with E-state index in [4.69, 9.17) is 9.47 Å². The molecule has 0 bridgehead atoms. The molecule has 0 saturated carbocycles. The Hall–Kier alpha value is -2.04. The minimum absolute atomic E-state index is 0.135. The molecule has 2 heterocycles. The quantitative estimate of drug-likeness (QED) is 0.843. The van der Waals surface area contributed by atoms with Crippen LogP contribution in [0.15, 0.2) is 36.4 Å². The molecule has 0 saturated heterocycles. The van der Waals surface area contributed by atoms with Crippen molar-refractivity contribution < 1.29 is 19.7 Å². The minimum Gasteiger partial charge on any atom is -0.507 e. The number of fused-ring (bicyclic) bond motifs is 4. The zero-order chi connectivity index (χ0) is 14.6. The van der Waals surface area contributed by atoms with Gasteiger partial charge in [0.2, 0.25) is 5.79 Å². The lowest BCUT2D eigenvalue weighted by atomic mass is 9.91. The van der Waals surface area contributed by atoms with Crippen LogP contribution in [0, 0.1) is 0 Å². The first-order chi connectivity index (χ1) is 10.2. The Balaban J connectivity index is 2.02. The van der Waals surface area contributed by atoms with E-state index in [0.29, 0.717) is 17.7 Å². The summed E-state index contributed by atoms with van der Waals surface area (Å²) < 4.78 is 12.1. The predicted molar refractivity (Wildman–Crippen MR) is 75.9 cm³/mol. The smallest absolute Gasteiger partial charge is 0.231 e. The Labute approximate surface area is 122 Å². The van der Waals surface area contributed by atoms with Crippen molar-refractivity contribution in [2.45, 2.75) is 31.8 Å². The van der Waals surface area contributed by atoms with E-state index in [1.807, 2.05) is 19.1 Å². The van der Waals surface area contributed by atoms with Gasteiger partial charge in [-0.05, 0) is 29.7 Å². The lowest BCUT2D eigenvalue weighted by Crippen LogP contribution is -2.26. The van der Waals surface area contributed by atoms with Crippen LogP contribution in [0.5, 0.6) is 11.5 Å². The van der Waals surface area contributed by atoms with Gasteiger partial charge in [-0.2, -0.15) is 0 Å². The van der Waals surface area contributed by atoms with Gasteiger partial charge in [-0.25, -0.2) is 0 Å². The van der Waals surface area contributed by atoms with Gasteiger partial charge in [-0.1, -0.05) is 31.2 Å². The van der Waals surface area contributed by atoms with Crippen LogP contribution in [0.1, 0.15) is 41.7 Å². The summed E-state index contributed by atoms with van der Waals surface area (Å²) in [5, 5.41) is 20.6. The van der Waals surface area contributed by atoms with Crippen molar-refractivity contribution in [1.29, 1.82) is 0 Å². The van der Waals surface area contributed by atoms with Crippen molar-refractivity contribution in [3.05, 3.63) is 58.7 Å². The molecule has 2 aliphatic rings. The molecule has 2 aromatic rings. The van der Waals surface area contributed by atoms with Gasteiger partial charge in [0.1, 0.15) is 11.5 Å². The first-order valence-corrected chi connectivity index (χ1v) is 7.13. The molecule has 4 nitrogen and oxygen atoms in total. The maximum atomic E-state index is 10.3. The first-order valence-electron chi connectivity index (χ1n) is 7.13. The maximum absolute atomic E-state index is 10.3. The van der Waals surface area contributed by atoms with Crippen molar-refractivity contribution in [2.24, 2.45) is 0 Å². The molecule has 2 N–H and O–H groups in total. The average Bonchev–Trinajstić information content (AvgIpc) is 3.01. The van der Waals surface area contributed by atoms with Crippen LogP contribution in [-0.4, -0.2) is 10.2 Å². The number of aromatic hydroxyl groups is 2. The largest absolute Gasteiger partial charge is 0.507 e. The Morgan fingerprint density at radius 1 is 1.10 bits per heavy atom. The van der Waals surface area contributed by atoms with E-state index in [1.165, 1.54) is 0 Å². The van der Waals surface area contributed by atoms with Gasteiger partial charge in [0, 0.05) is 0 Å². The lowest BCUT2D eigenvalue weighted by molar-refractivity contribution is -0.220. The zero-order valence-corrected chi connectivity index (χ0v) is 11.7. The topological polar surface area (TPSA) is 58.9 Å². The van der Waals surface area contributed by atoms with Crippen molar-refractivity contribution in [3.63, 3.8) is 0 Å². The summed E-state index contributed by atoms with van der Waals surface area (Å²) in [5.74, 6) is -0.919. The molecule has 0 aromatic heterocycles. The lowest BCUT2D eigenvalue weighted by Gasteiger charge is -2.26. The molecule has 0 radical (unpaired) electrons. The van der Waals surface area contributed by atoms with Crippen LogP contribution in [0.4, 0.5) is 0 Å². The van der Waals surface area contributed by atoms with Crippen molar-refractivity contribution in [2.75, 3.05) is 0 Å². The normalized spacial score (nSPS) is 26.0. The third kappa shape index (κ3) is 1.51. The second-order valence-corrected chi connectivity index (χ2v) is 5.47. The number of rotatable bonds is 1. The number of ether oxygens (including phenoxy) is 2. The molecule has 4 rings (SSSR count). The van der Waals surface area contributed by atoms with Gasteiger partial charge in [-0.3, -0.25) is 0 Å². The fourth-order valence-electron chi connectivity index (χ4n) is 3.44. The minimum atomic E-state index is -1.19. The molecular formula is C17H16O4. The summed E-state index contributed by atoms with van der Waals surface area (Å²) in [6, 6.07) is 10.7. The summed E-state index contributed by atoms with van der Waals surface area (Å²) in [6.07, 6.45) is 0.613. The molecule has 108 valence electrons. The molecular weight excluding hydrogens is 268 g/mol. The summed E-state index contributed by atoms with van der Waals surface area (Å²) in [7, 11) is 0. The Morgan fingerprint density at radius 3 is 2.57 bits per heavy atom. The maximum Gasteiger partial charge on any atom is 0.231 e. The fourth-order valence-corrected chi connectivity index (χ4v) is 3.44. The van der Waals surface area contributed by atoms with E-state index >= 15 is 0 Å². The highest BCUT2D eigenvalue weighted by atomic mass is 16.7. The standard InChI is InChI=1S/C17H16O4/c1-2-14-11-6-4-8-13(19)16(11)17(21-14)15-10(9-20-17)5-3-7-12(15)18/h3-8,14,18-19H,2,9H2,1H3/t14-,17+/m0/s1. The monoisotopic (exact) mass is 284 g/mol. The van der Waals surface area contributed by atoms with E-state index in [1.54, 1.807) is 24.3 Å². The Morgan fingerprint density at radius 2 is 1.81 bits per heavy atom. The molecule has 0 fully saturated rings. The fraction of sp³-hybridized carbons (Fsp3) is 0.294. The number of benzene rings is 2. The highest BCUT2D eigenvalue weighted by molar-refractivity contribution is 5.57. The second-order valence-electron chi connectivity index (χ2n) is 5.47. The first kappa shape index (κ1) is 12.7. The molecule has 0 unspecified atom stereocenters. The number of hydrogen-bond donors (Lipinski definition) is 2. The van der Waals surface area contributed by atoms with E-state index in [2.05, 4.69) is 0 Å². The highest BCUT2D eigenvalue weighted by Gasteiger charge is 2.54. The summed E-state index contributed by atoms with van der Waals surface area (Å²) in [5.41, 5.74) is 3.05. The Kier molecular flexibility index (Phi) is 2.55. The highest BCUT2D eigenvalue weighted by Crippen LogP contribution is 2.57. The van der Waals surface area contributed by atoms with E-state index in [0.717, 1.165) is 17.5 Å². The summed E-state index contributed by atoms with van der Waals surface area (Å²) in [6.45, 7) is 2.38. The van der Waals surface area contributed by atoms with E-state index in [9.17, 15) is 10.2 Å². The van der Waals surface area contributed by atoms with Crippen LogP contribution in [0.3, 0.4) is 0 Å². The number of hydrogen-bond acceptors (Lipinski definition) is 4. The number of phenolic OH excluding ortho intramolecular Hbond substituents is 2. The van der Waals surface area contributed by atoms with Crippen LogP contribution in [0.25, 0.3) is 0 Å². The van der Waals surface area contributed by atoms with Crippen LogP contribution in [-0.2, 0) is 21.9 Å². The molecule has 2 atom stereocenters. The van der Waals surface area contributed by atoms with E-state index in [-0.39, 0.29) is 17.6 Å². The van der Waals surface area contributed by atoms with Crippen molar-refractivity contribution in [1.82, 2.24) is 0 Å². The summed E-state index contributed by atoms with van der Waals surface area (Å²) in [4.78, 5) is 0. The molecule has 0 amide bonds. The van der Waals surface area contributed by atoms with Gasteiger partial charge in [0.05, 0.1) is 23.8 Å². The van der Waals surface area contributed by atoms with Crippen LogP contribution >= 0.6 is 0 Å². The molecule has 1 spiro atoms. The second kappa shape index (κ2) is 4.23. The third-order valence-corrected chi connectivity index (χ3v) is 4.32. The van der Waals surface area contributed by atoms with Gasteiger partial charge in [0.25, 0.3) is 0 Å². The van der Waals surface area contributed by atoms with Crippen molar-refractivity contribution in [3.8, 4) is 11.5 Å². The number of phenols is 2. The van der Waals surface area contributed by atoms with Gasteiger partial charge in [-0.15, -0.1) is 0 Å². The van der Waals surface area contributed by atoms with Crippen molar-refractivity contribution >= 4 is 0 Å². The Bertz CT molecular complexity index is 725. The van der Waals surface area contributed by atoms with Gasteiger partial charge in [0.15, 0.2) is 0 Å². The van der Waals surface area contributed by atoms with Gasteiger partial charge < -0.3 is 19.7 Å². The third-order valence-electron chi connectivity index (χ3n) is 4.32.